The predicted octanol–water partition coefficient (Wildman–Crippen LogP) is 3.35. The number of piperazine rings is 1. The van der Waals surface area contributed by atoms with Gasteiger partial charge in [-0.3, -0.25) is 4.90 Å². The van der Waals surface area contributed by atoms with Crippen molar-refractivity contribution >= 4 is 28.3 Å². The lowest BCUT2D eigenvalue weighted by atomic mass is 10.0. The quantitative estimate of drug-likeness (QED) is 0.750. The van der Waals surface area contributed by atoms with Crippen LogP contribution in [0.3, 0.4) is 0 Å². The zero-order chi connectivity index (χ0) is 12.5. The Kier molecular flexibility index (Phi) is 3.80. The molecule has 0 bridgehead atoms. The highest BCUT2D eigenvalue weighted by Crippen LogP contribution is 2.32. The molecule has 0 N–H and O–H groups in total. The Morgan fingerprint density at radius 2 is 2.11 bits per heavy atom. The van der Waals surface area contributed by atoms with Crippen LogP contribution in [0.1, 0.15) is 26.2 Å². The van der Waals surface area contributed by atoms with Crippen LogP contribution in [0.15, 0.2) is 24.3 Å². The zero-order valence-corrected chi connectivity index (χ0v) is 13.1. The summed E-state index contributed by atoms with van der Waals surface area (Å²) in [7, 11) is 0. The summed E-state index contributed by atoms with van der Waals surface area (Å²) in [6.45, 7) is 6.12. The Hall–Kier alpha value is -0.290. The highest BCUT2D eigenvalue weighted by atomic mass is 127. The van der Waals surface area contributed by atoms with Gasteiger partial charge in [-0.15, -0.1) is 0 Å². The minimum atomic E-state index is 0.690. The summed E-state index contributed by atoms with van der Waals surface area (Å²) in [5.74, 6) is 0. The van der Waals surface area contributed by atoms with Gasteiger partial charge in [0.05, 0.1) is 5.69 Å². The average Bonchev–Trinajstić information content (AvgIpc) is 2.85. The average molecular weight is 356 g/mol. The lowest BCUT2D eigenvalue weighted by Gasteiger charge is -2.45. The number of hydrogen-bond donors (Lipinski definition) is 0. The van der Waals surface area contributed by atoms with Gasteiger partial charge in [0.25, 0.3) is 0 Å². The van der Waals surface area contributed by atoms with E-state index in [1.807, 2.05) is 0 Å². The molecule has 3 rings (SSSR count). The Balaban J connectivity index is 1.87. The van der Waals surface area contributed by atoms with Crippen molar-refractivity contribution in [3.8, 4) is 0 Å². The molecule has 0 aromatic heterocycles. The number of anilines is 1. The molecule has 98 valence electrons. The summed E-state index contributed by atoms with van der Waals surface area (Å²) < 4.78 is 1.39. The van der Waals surface area contributed by atoms with Crippen molar-refractivity contribution in [1.29, 1.82) is 0 Å². The topological polar surface area (TPSA) is 6.48 Å². The van der Waals surface area contributed by atoms with Crippen molar-refractivity contribution in [3.63, 3.8) is 0 Å². The van der Waals surface area contributed by atoms with E-state index < -0.39 is 0 Å². The molecule has 0 amide bonds. The number of fused-ring (bicyclic) bond motifs is 1. The van der Waals surface area contributed by atoms with Crippen molar-refractivity contribution in [2.24, 2.45) is 0 Å². The van der Waals surface area contributed by atoms with E-state index in [4.69, 9.17) is 0 Å². The predicted molar refractivity (Wildman–Crippen MR) is 85.2 cm³/mol. The first-order valence-corrected chi connectivity index (χ1v) is 8.12. The van der Waals surface area contributed by atoms with E-state index in [9.17, 15) is 0 Å². The van der Waals surface area contributed by atoms with Gasteiger partial charge in [0.2, 0.25) is 0 Å². The summed E-state index contributed by atoms with van der Waals surface area (Å²) in [5, 5.41) is 0. The molecule has 2 fully saturated rings. The zero-order valence-electron chi connectivity index (χ0n) is 11.0. The van der Waals surface area contributed by atoms with Crippen LogP contribution in [0.2, 0.25) is 0 Å². The molecule has 18 heavy (non-hydrogen) atoms. The number of halogens is 1. The van der Waals surface area contributed by atoms with Gasteiger partial charge in [-0.25, -0.2) is 0 Å². The molecule has 0 aliphatic carbocycles. The lowest BCUT2D eigenvalue weighted by Crippen LogP contribution is -2.56. The van der Waals surface area contributed by atoms with Crippen LogP contribution in [0, 0.1) is 3.57 Å². The molecule has 2 unspecified atom stereocenters. The van der Waals surface area contributed by atoms with Crippen molar-refractivity contribution in [2.45, 2.75) is 38.3 Å². The molecule has 1 aromatic rings. The van der Waals surface area contributed by atoms with Crippen molar-refractivity contribution in [3.05, 3.63) is 27.8 Å². The SMILES string of the molecule is CCC1CN2CCCC2CN1c1ccccc1I. The smallest absolute Gasteiger partial charge is 0.0505 e. The number of benzene rings is 1. The van der Waals surface area contributed by atoms with Crippen LogP contribution in [0.25, 0.3) is 0 Å². The first-order chi connectivity index (χ1) is 8.79. The number of para-hydroxylation sites is 1. The van der Waals surface area contributed by atoms with E-state index >= 15 is 0 Å². The maximum absolute atomic E-state index is 2.71. The van der Waals surface area contributed by atoms with Crippen molar-refractivity contribution in [1.82, 2.24) is 4.90 Å². The molecule has 2 atom stereocenters. The van der Waals surface area contributed by atoms with Gasteiger partial charge < -0.3 is 4.90 Å². The second-order valence-corrected chi connectivity index (χ2v) is 6.62. The first-order valence-electron chi connectivity index (χ1n) is 7.05. The largest absolute Gasteiger partial charge is 0.365 e. The van der Waals surface area contributed by atoms with Crippen LogP contribution in [-0.4, -0.2) is 36.6 Å². The molecule has 0 radical (unpaired) electrons. The van der Waals surface area contributed by atoms with Gasteiger partial charge in [0, 0.05) is 28.7 Å². The van der Waals surface area contributed by atoms with E-state index in [1.165, 1.54) is 48.2 Å². The Bertz CT molecular complexity index is 421. The van der Waals surface area contributed by atoms with Crippen LogP contribution >= 0.6 is 22.6 Å². The fraction of sp³-hybridized carbons (Fsp3) is 0.600. The molecular formula is C15H21IN2. The van der Waals surface area contributed by atoms with Crippen molar-refractivity contribution in [2.75, 3.05) is 24.5 Å². The first kappa shape index (κ1) is 12.7. The summed E-state index contributed by atoms with van der Waals surface area (Å²) in [4.78, 5) is 5.37. The second-order valence-electron chi connectivity index (χ2n) is 5.46. The van der Waals surface area contributed by atoms with Crippen LogP contribution in [-0.2, 0) is 0 Å². The van der Waals surface area contributed by atoms with Crippen LogP contribution < -0.4 is 4.90 Å². The van der Waals surface area contributed by atoms with Crippen molar-refractivity contribution < 1.29 is 0 Å². The molecule has 3 heteroatoms. The lowest BCUT2D eigenvalue weighted by molar-refractivity contribution is 0.194. The van der Waals surface area contributed by atoms with E-state index in [0.29, 0.717) is 6.04 Å². The third kappa shape index (κ3) is 2.27. The number of rotatable bonds is 2. The van der Waals surface area contributed by atoms with Gasteiger partial charge in [0.1, 0.15) is 0 Å². The van der Waals surface area contributed by atoms with E-state index in [1.54, 1.807) is 0 Å². The van der Waals surface area contributed by atoms with Crippen LogP contribution in [0.4, 0.5) is 5.69 Å². The molecule has 2 aliphatic rings. The molecule has 2 saturated heterocycles. The van der Waals surface area contributed by atoms with Gasteiger partial charge in [0.15, 0.2) is 0 Å². The molecule has 2 aliphatic heterocycles. The maximum Gasteiger partial charge on any atom is 0.0505 e. The molecule has 2 nitrogen and oxygen atoms in total. The minimum absolute atomic E-state index is 0.690. The molecule has 1 aromatic carbocycles. The fourth-order valence-electron chi connectivity index (χ4n) is 3.42. The minimum Gasteiger partial charge on any atom is -0.365 e. The Labute approximate surface area is 123 Å². The van der Waals surface area contributed by atoms with E-state index in [-0.39, 0.29) is 0 Å². The summed E-state index contributed by atoms with van der Waals surface area (Å²) >= 11 is 2.47. The number of nitrogens with zero attached hydrogens (tertiary/aromatic N) is 2. The van der Waals surface area contributed by atoms with E-state index in [2.05, 4.69) is 63.6 Å². The normalized spacial score (nSPS) is 28.4. The monoisotopic (exact) mass is 356 g/mol. The third-order valence-electron chi connectivity index (χ3n) is 4.43. The third-order valence-corrected chi connectivity index (χ3v) is 5.34. The molecule has 0 spiro atoms. The van der Waals surface area contributed by atoms with E-state index in [0.717, 1.165) is 6.04 Å². The fourth-order valence-corrected chi connectivity index (χ4v) is 4.11. The second kappa shape index (κ2) is 5.37. The van der Waals surface area contributed by atoms with Gasteiger partial charge >= 0.3 is 0 Å². The maximum atomic E-state index is 2.71. The molecular weight excluding hydrogens is 335 g/mol. The molecule has 0 saturated carbocycles. The summed E-state index contributed by atoms with van der Waals surface area (Å²) in [6, 6.07) is 10.3. The van der Waals surface area contributed by atoms with Gasteiger partial charge in [-0.2, -0.15) is 0 Å². The number of hydrogen-bond acceptors (Lipinski definition) is 2. The molecule has 2 heterocycles. The van der Waals surface area contributed by atoms with Crippen LogP contribution in [0.5, 0.6) is 0 Å². The Morgan fingerprint density at radius 3 is 2.89 bits per heavy atom. The highest BCUT2D eigenvalue weighted by Gasteiger charge is 2.35. The highest BCUT2D eigenvalue weighted by molar-refractivity contribution is 14.1. The summed E-state index contributed by atoms with van der Waals surface area (Å²) in [5.41, 5.74) is 1.44. The van der Waals surface area contributed by atoms with Gasteiger partial charge in [-0.1, -0.05) is 19.1 Å². The van der Waals surface area contributed by atoms with Gasteiger partial charge in [-0.05, 0) is 60.5 Å². The summed E-state index contributed by atoms with van der Waals surface area (Å²) in [6.07, 6.45) is 4.02. The standard InChI is InChI=1S/C15H21IN2/c1-2-12-10-17-9-5-6-13(17)11-18(12)15-8-4-3-7-14(15)16/h3-4,7-8,12-13H,2,5-6,9-11H2,1H3. The Morgan fingerprint density at radius 1 is 1.28 bits per heavy atom.